The van der Waals surface area contributed by atoms with E-state index in [1.54, 1.807) is 24.5 Å². The molecular formula is C18H28N4O2. The number of nitrogens with one attached hydrogen (secondary N) is 1. The fraction of sp³-hybridized carbons (Fsp3) is 0.611. The van der Waals surface area contributed by atoms with Crippen molar-refractivity contribution >= 4 is 11.8 Å². The predicted molar refractivity (Wildman–Crippen MR) is 93.6 cm³/mol. The van der Waals surface area contributed by atoms with Gasteiger partial charge in [-0.1, -0.05) is 13.8 Å². The van der Waals surface area contributed by atoms with Crippen molar-refractivity contribution in [2.45, 2.75) is 38.8 Å². The molecule has 1 N–H and O–H groups in total. The molecule has 1 aliphatic rings. The normalized spacial score (nSPS) is 17.2. The molecule has 1 aromatic rings. The van der Waals surface area contributed by atoms with E-state index in [4.69, 9.17) is 0 Å². The van der Waals surface area contributed by atoms with Crippen molar-refractivity contribution in [3.63, 3.8) is 0 Å². The molecule has 24 heavy (non-hydrogen) atoms. The molecule has 1 fully saturated rings. The van der Waals surface area contributed by atoms with Crippen molar-refractivity contribution in [2.75, 3.05) is 27.2 Å². The maximum atomic E-state index is 12.7. The number of rotatable bonds is 5. The Labute approximate surface area is 144 Å². The first-order valence-electron chi connectivity index (χ1n) is 8.56. The third kappa shape index (κ3) is 4.54. The van der Waals surface area contributed by atoms with Gasteiger partial charge in [0.2, 0.25) is 5.91 Å². The Balaban J connectivity index is 1.87. The highest BCUT2D eigenvalue weighted by Gasteiger charge is 2.31. The lowest BCUT2D eigenvalue weighted by Crippen LogP contribution is -2.53. The Bertz CT molecular complexity index is 543. The molecule has 2 heterocycles. The van der Waals surface area contributed by atoms with Gasteiger partial charge in [-0.05, 0) is 45.0 Å². The van der Waals surface area contributed by atoms with E-state index >= 15 is 0 Å². The van der Waals surface area contributed by atoms with Crippen LogP contribution in [0.2, 0.25) is 0 Å². The van der Waals surface area contributed by atoms with Crippen molar-refractivity contribution in [3.8, 4) is 0 Å². The lowest BCUT2D eigenvalue weighted by atomic mass is 9.98. The summed E-state index contributed by atoms with van der Waals surface area (Å²) in [6, 6.07) is 3.44. The van der Waals surface area contributed by atoms with Crippen LogP contribution in [0.15, 0.2) is 24.5 Å². The standard InChI is InChI=1S/C18H28N4O2/c1-13(2)16(21(3)4)18(24)22-11-7-15(8-12-22)20-17(23)14-5-9-19-10-6-14/h5-6,9-10,13,15-16H,7-8,11-12H2,1-4H3,(H,20,23)/t16-/m1/s1. The lowest BCUT2D eigenvalue weighted by molar-refractivity contribution is -0.138. The second-order valence-electron chi connectivity index (χ2n) is 6.96. The van der Waals surface area contributed by atoms with E-state index in [1.807, 2.05) is 23.9 Å². The molecule has 6 nitrogen and oxygen atoms in total. The first-order valence-corrected chi connectivity index (χ1v) is 8.56. The molecule has 0 unspecified atom stereocenters. The summed E-state index contributed by atoms with van der Waals surface area (Å²) in [7, 11) is 3.90. The molecule has 0 spiro atoms. The number of hydrogen-bond acceptors (Lipinski definition) is 4. The van der Waals surface area contributed by atoms with E-state index in [0.29, 0.717) is 18.7 Å². The number of pyridine rings is 1. The highest BCUT2D eigenvalue weighted by Crippen LogP contribution is 2.17. The van der Waals surface area contributed by atoms with Crippen LogP contribution >= 0.6 is 0 Å². The number of aromatic nitrogens is 1. The number of hydrogen-bond donors (Lipinski definition) is 1. The van der Waals surface area contributed by atoms with Crippen molar-refractivity contribution in [1.29, 1.82) is 0 Å². The smallest absolute Gasteiger partial charge is 0.251 e. The Morgan fingerprint density at radius 2 is 1.79 bits per heavy atom. The minimum Gasteiger partial charge on any atom is -0.349 e. The van der Waals surface area contributed by atoms with Gasteiger partial charge in [0, 0.05) is 37.1 Å². The quantitative estimate of drug-likeness (QED) is 0.885. The van der Waals surface area contributed by atoms with Gasteiger partial charge in [-0.3, -0.25) is 19.5 Å². The highest BCUT2D eigenvalue weighted by molar-refractivity contribution is 5.94. The van der Waals surface area contributed by atoms with Crippen LogP contribution in [0.4, 0.5) is 0 Å². The Kier molecular flexibility index (Phi) is 6.31. The number of carbonyl (C=O) groups is 2. The SMILES string of the molecule is CC(C)[C@H](C(=O)N1CCC(NC(=O)c2ccncc2)CC1)N(C)C. The van der Waals surface area contributed by atoms with Crippen LogP contribution < -0.4 is 5.32 Å². The molecule has 2 rings (SSSR count). The fourth-order valence-corrected chi connectivity index (χ4v) is 3.31. The van der Waals surface area contributed by atoms with E-state index in [9.17, 15) is 9.59 Å². The first kappa shape index (κ1) is 18.4. The number of likely N-dealkylation sites (tertiary alicyclic amines) is 1. The highest BCUT2D eigenvalue weighted by atomic mass is 16.2. The average Bonchev–Trinajstić information content (AvgIpc) is 2.55. The molecule has 2 amide bonds. The third-order valence-electron chi connectivity index (χ3n) is 4.53. The molecule has 132 valence electrons. The fourth-order valence-electron chi connectivity index (χ4n) is 3.31. The van der Waals surface area contributed by atoms with Gasteiger partial charge in [-0.25, -0.2) is 0 Å². The second-order valence-corrected chi connectivity index (χ2v) is 6.96. The molecule has 1 saturated heterocycles. The summed E-state index contributed by atoms with van der Waals surface area (Å²) in [5.74, 6) is 0.390. The van der Waals surface area contributed by atoms with Gasteiger partial charge in [0.25, 0.3) is 5.91 Å². The largest absolute Gasteiger partial charge is 0.349 e. The van der Waals surface area contributed by atoms with E-state index in [0.717, 1.165) is 12.8 Å². The Hall–Kier alpha value is -1.95. The zero-order valence-corrected chi connectivity index (χ0v) is 15.0. The monoisotopic (exact) mass is 332 g/mol. The van der Waals surface area contributed by atoms with Crippen LogP contribution in [0.1, 0.15) is 37.0 Å². The minimum atomic E-state index is -0.0899. The summed E-state index contributed by atoms with van der Waals surface area (Å²) in [5.41, 5.74) is 0.621. The van der Waals surface area contributed by atoms with Crippen LogP contribution in [-0.4, -0.2) is 65.9 Å². The molecule has 1 aliphatic heterocycles. The van der Waals surface area contributed by atoms with Gasteiger partial charge in [-0.15, -0.1) is 0 Å². The molecule has 0 saturated carbocycles. The van der Waals surface area contributed by atoms with Crippen LogP contribution in [-0.2, 0) is 4.79 Å². The Morgan fingerprint density at radius 1 is 1.21 bits per heavy atom. The molecular weight excluding hydrogens is 304 g/mol. The topological polar surface area (TPSA) is 65.5 Å². The third-order valence-corrected chi connectivity index (χ3v) is 4.53. The van der Waals surface area contributed by atoms with Gasteiger partial charge in [0.15, 0.2) is 0 Å². The number of carbonyl (C=O) groups excluding carboxylic acids is 2. The van der Waals surface area contributed by atoms with Gasteiger partial charge in [-0.2, -0.15) is 0 Å². The summed E-state index contributed by atoms with van der Waals surface area (Å²) >= 11 is 0. The summed E-state index contributed by atoms with van der Waals surface area (Å²) in [5, 5.41) is 3.05. The predicted octanol–water partition coefficient (Wildman–Crippen LogP) is 1.39. The molecule has 6 heteroatoms. The average molecular weight is 332 g/mol. The zero-order valence-electron chi connectivity index (χ0n) is 15.0. The van der Waals surface area contributed by atoms with Crippen LogP contribution in [0, 0.1) is 5.92 Å². The summed E-state index contributed by atoms with van der Waals surface area (Å²) in [6.45, 7) is 5.53. The van der Waals surface area contributed by atoms with Crippen molar-refractivity contribution in [1.82, 2.24) is 20.1 Å². The van der Waals surface area contributed by atoms with Gasteiger partial charge in [0.1, 0.15) is 0 Å². The van der Waals surface area contributed by atoms with E-state index in [1.165, 1.54) is 0 Å². The molecule has 0 radical (unpaired) electrons. The molecule has 0 aliphatic carbocycles. The van der Waals surface area contributed by atoms with Crippen molar-refractivity contribution in [2.24, 2.45) is 5.92 Å². The van der Waals surface area contributed by atoms with Crippen LogP contribution in [0.5, 0.6) is 0 Å². The molecule has 0 bridgehead atoms. The zero-order chi connectivity index (χ0) is 17.7. The van der Waals surface area contributed by atoms with E-state index < -0.39 is 0 Å². The van der Waals surface area contributed by atoms with Gasteiger partial charge >= 0.3 is 0 Å². The Morgan fingerprint density at radius 3 is 2.29 bits per heavy atom. The number of likely N-dealkylation sites (N-methyl/N-ethyl adjacent to an activating group) is 1. The maximum Gasteiger partial charge on any atom is 0.251 e. The summed E-state index contributed by atoms with van der Waals surface area (Å²) in [4.78, 5) is 32.8. The van der Waals surface area contributed by atoms with Crippen molar-refractivity contribution < 1.29 is 9.59 Å². The van der Waals surface area contributed by atoms with Gasteiger partial charge in [0.05, 0.1) is 6.04 Å². The maximum absolute atomic E-state index is 12.7. The van der Waals surface area contributed by atoms with Crippen LogP contribution in [0.25, 0.3) is 0 Å². The van der Waals surface area contributed by atoms with Crippen LogP contribution in [0.3, 0.4) is 0 Å². The molecule has 1 atom stereocenters. The van der Waals surface area contributed by atoms with Gasteiger partial charge < -0.3 is 10.2 Å². The lowest BCUT2D eigenvalue weighted by Gasteiger charge is -2.37. The molecule has 1 aromatic heterocycles. The van der Waals surface area contributed by atoms with E-state index in [2.05, 4.69) is 24.1 Å². The number of piperidine rings is 1. The minimum absolute atomic E-state index is 0.0736. The number of amides is 2. The van der Waals surface area contributed by atoms with E-state index in [-0.39, 0.29) is 29.8 Å². The molecule has 0 aromatic carbocycles. The summed E-state index contributed by atoms with van der Waals surface area (Å²) < 4.78 is 0. The summed E-state index contributed by atoms with van der Waals surface area (Å²) in [6.07, 6.45) is 4.81. The number of nitrogens with zero attached hydrogens (tertiary/aromatic N) is 3. The second kappa shape index (κ2) is 8.24. The van der Waals surface area contributed by atoms with Crippen molar-refractivity contribution in [3.05, 3.63) is 30.1 Å². The first-order chi connectivity index (χ1) is 11.4.